The maximum atomic E-state index is 8.69. The summed E-state index contributed by atoms with van der Waals surface area (Å²) in [6, 6.07) is 12.8. The Morgan fingerprint density at radius 3 is 2.41 bits per heavy atom. The molecule has 0 radical (unpaired) electrons. The Hall–Kier alpha value is -3.59. The zero-order valence-electron chi connectivity index (χ0n) is 18.9. The number of oxime groups is 1. The second-order valence-electron chi connectivity index (χ2n) is 7.99. The second kappa shape index (κ2) is 11.5. The van der Waals surface area contributed by atoms with E-state index in [9.17, 15) is 0 Å². The minimum absolute atomic E-state index is 0.150. The van der Waals surface area contributed by atoms with Gasteiger partial charge >= 0.3 is 6.01 Å². The Balaban J connectivity index is 1.59. The molecule has 1 aliphatic rings. The van der Waals surface area contributed by atoms with E-state index in [1.807, 2.05) is 6.07 Å². The van der Waals surface area contributed by atoms with E-state index in [4.69, 9.17) is 26.3 Å². The van der Waals surface area contributed by atoms with Crippen molar-refractivity contribution >= 4 is 35.4 Å². The Bertz CT molecular complexity index is 1120. The van der Waals surface area contributed by atoms with Gasteiger partial charge in [0.05, 0.1) is 18.3 Å². The number of anilines is 3. The molecular formula is C24H27ClN6O3. The fourth-order valence-corrected chi connectivity index (χ4v) is 4.05. The van der Waals surface area contributed by atoms with Gasteiger partial charge in [0.2, 0.25) is 11.9 Å². The molecule has 0 spiro atoms. The molecule has 0 unspecified atom stereocenters. The lowest BCUT2D eigenvalue weighted by atomic mass is 10.1. The molecule has 1 heterocycles. The largest absolute Gasteiger partial charge is 0.495 e. The fourth-order valence-electron chi connectivity index (χ4n) is 3.80. The first-order valence-corrected chi connectivity index (χ1v) is 11.6. The van der Waals surface area contributed by atoms with Crippen molar-refractivity contribution in [1.29, 1.82) is 0 Å². The van der Waals surface area contributed by atoms with E-state index in [2.05, 4.69) is 30.7 Å². The van der Waals surface area contributed by atoms with Crippen molar-refractivity contribution in [1.82, 2.24) is 15.0 Å². The monoisotopic (exact) mass is 482 g/mol. The number of nitrogens with one attached hydrogen (secondary N) is 2. The molecule has 1 aliphatic carbocycles. The van der Waals surface area contributed by atoms with Crippen molar-refractivity contribution in [2.45, 2.75) is 44.6 Å². The Labute approximate surface area is 203 Å². The summed E-state index contributed by atoms with van der Waals surface area (Å²) < 4.78 is 11.1. The molecule has 2 aromatic carbocycles. The van der Waals surface area contributed by atoms with Crippen LogP contribution < -0.4 is 20.1 Å². The lowest BCUT2D eigenvalue weighted by molar-refractivity contribution is 0.322. The molecule has 1 saturated carbocycles. The molecule has 0 saturated heterocycles. The van der Waals surface area contributed by atoms with Gasteiger partial charge in [-0.15, -0.1) is 0 Å². The van der Waals surface area contributed by atoms with E-state index in [-0.39, 0.29) is 6.01 Å². The van der Waals surface area contributed by atoms with Crippen LogP contribution in [-0.4, -0.2) is 39.5 Å². The first-order valence-electron chi connectivity index (χ1n) is 11.2. The van der Waals surface area contributed by atoms with Gasteiger partial charge in [-0.3, -0.25) is 0 Å². The number of ether oxygens (including phenoxy) is 2. The molecule has 0 atom stereocenters. The molecule has 1 aromatic heterocycles. The van der Waals surface area contributed by atoms with Gasteiger partial charge in [0.15, 0.2) is 0 Å². The van der Waals surface area contributed by atoms with Crippen LogP contribution >= 0.6 is 11.6 Å². The van der Waals surface area contributed by atoms with Gasteiger partial charge in [-0.1, -0.05) is 42.4 Å². The summed E-state index contributed by atoms with van der Waals surface area (Å²) in [5.74, 6) is 1.90. The summed E-state index contributed by atoms with van der Waals surface area (Å²) in [6.07, 6.45) is 8.37. The van der Waals surface area contributed by atoms with Crippen LogP contribution in [-0.2, 0) is 0 Å². The van der Waals surface area contributed by atoms with Crippen molar-refractivity contribution in [3.8, 4) is 17.5 Å². The number of hydrogen-bond donors (Lipinski definition) is 3. The molecule has 9 nitrogen and oxygen atoms in total. The van der Waals surface area contributed by atoms with E-state index in [0.717, 1.165) is 18.4 Å². The van der Waals surface area contributed by atoms with Crippen molar-refractivity contribution in [3.05, 3.63) is 53.1 Å². The third-order valence-corrected chi connectivity index (χ3v) is 5.80. The van der Waals surface area contributed by atoms with Crippen LogP contribution in [0.5, 0.6) is 17.5 Å². The van der Waals surface area contributed by atoms with Gasteiger partial charge in [0, 0.05) is 11.7 Å². The van der Waals surface area contributed by atoms with Crippen LogP contribution in [0.2, 0.25) is 5.02 Å². The van der Waals surface area contributed by atoms with E-state index >= 15 is 0 Å². The SMILES string of the molecule is COc1ccc(Nc2nc(NC3CCCCCC3)nc(Oc3ccc(/C=N\O)cc3)n2)cc1Cl. The lowest BCUT2D eigenvalue weighted by Crippen LogP contribution is -2.20. The third-order valence-electron chi connectivity index (χ3n) is 5.51. The maximum absolute atomic E-state index is 8.69. The number of nitrogens with zero attached hydrogens (tertiary/aromatic N) is 4. The quantitative estimate of drug-likeness (QED) is 0.155. The zero-order valence-corrected chi connectivity index (χ0v) is 19.6. The lowest BCUT2D eigenvalue weighted by Gasteiger charge is -2.17. The highest BCUT2D eigenvalue weighted by atomic mass is 35.5. The molecule has 0 amide bonds. The third kappa shape index (κ3) is 6.48. The van der Waals surface area contributed by atoms with Crippen LogP contribution in [0, 0.1) is 0 Å². The predicted molar refractivity (Wildman–Crippen MR) is 132 cm³/mol. The van der Waals surface area contributed by atoms with E-state index in [1.165, 1.54) is 31.9 Å². The summed E-state index contributed by atoms with van der Waals surface area (Å²) >= 11 is 6.26. The van der Waals surface area contributed by atoms with Gasteiger partial charge in [0.25, 0.3) is 0 Å². The molecule has 178 valence electrons. The summed E-state index contributed by atoms with van der Waals surface area (Å²) in [4.78, 5) is 13.5. The van der Waals surface area contributed by atoms with Gasteiger partial charge in [-0.05, 0) is 60.9 Å². The van der Waals surface area contributed by atoms with Crippen molar-refractivity contribution < 1.29 is 14.7 Å². The highest BCUT2D eigenvalue weighted by Gasteiger charge is 2.16. The summed E-state index contributed by atoms with van der Waals surface area (Å²) in [5.41, 5.74) is 1.44. The van der Waals surface area contributed by atoms with Gasteiger partial charge in [-0.25, -0.2) is 0 Å². The number of aromatic nitrogens is 3. The Kier molecular flexibility index (Phi) is 7.98. The number of hydrogen-bond acceptors (Lipinski definition) is 9. The van der Waals surface area contributed by atoms with Crippen molar-refractivity contribution in [2.24, 2.45) is 5.16 Å². The molecule has 3 aromatic rings. The summed E-state index contributed by atoms with van der Waals surface area (Å²) in [5, 5.41) is 18.8. The van der Waals surface area contributed by atoms with Gasteiger partial charge < -0.3 is 25.3 Å². The summed E-state index contributed by atoms with van der Waals surface area (Å²) in [6.45, 7) is 0. The summed E-state index contributed by atoms with van der Waals surface area (Å²) in [7, 11) is 1.57. The zero-order chi connectivity index (χ0) is 23.8. The highest BCUT2D eigenvalue weighted by Crippen LogP contribution is 2.29. The molecule has 1 fully saturated rings. The van der Waals surface area contributed by atoms with Crippen LogP contribution in [0.3, 0.4) is 0 Å². The number of methoxy groups -OCH3 is 1. The van der Waals surface area contributed by atoms with Crippen LogP contribution in [0.4, 0.5) is 17.6 Å². The minimum atomic E-state index is 0.150. The molecule has 0 aliphatic heterocycles. The van der Waals surface area contributed by atoms with E-state index < -0.39 is 0 Å². The fraction of sp³-hybridized carbons (Fsp3) is 0.333. The Morgan fingerprint density at radius 2 is 1.74 bits per heavy atom. The molecular weight excluding hydrogens is 456 g/mol. The molecule has 3 N–H and O–H groups in total. The number of benzene rings is 2. The first kappa shape index (κ1) is 23.6. The van der Waals surface area contributed by atoms with E-state index in [1.54, 1.807) is 43.5 Å². The molecule has 34 heavy (non-hydrogen) atoms. The Morgan fingerprint density at radius 1 is 1.00 bits per heavy atom. The standard InChI is InChI=1S/C24H27ClN6O3/c1-33-21-13-10-18(14-20(21)25)28-23-29-22(27-17-6-4-2-3-5-7-17)30-24(31-23)34-19-11-8-16(9-12-19)15-26-32/h8-15,17,32H,2-7H2,1H3,(H2,27,28,29,30,31)/b26-15-. The number of rotatable bonds is 8. The van der Waals surface area contributed by atoms with E-state index in [0.29, 0.717) is 40.1 Å². The van der Waals surface area contributed by atoms with Crippen molar-refractivity contribution in [2.75, 3.05) is 17.7 Å². The van der Waals surface area contributed by atoms with Crippen LogP contribution in [0.1, 0.15) is 44.1 Å². The molecule has 10 heteroatoms. The normalized spacial score (nSPS) is 14.5. The van der Waals surface area contributed by atoms with Crippen LogP contribution in [0.15, 0.2) is 47.6 Å². The minimum Gasteiger partial charge on any atom is -0.495 e. The average Bonchev–Trinajstić information content (AvgIpc) is 3.09. The number of halogens is 1. The maximum Gasteiger partial charge on any atom is 0.328 e. The highest BCUT2D eigenvalue weighted by molar-refractivity contribution is 6.32. The van der Waals surface area contributed by atoms with Crippen LogP contribution in [0.25, 0.3) is 0 Å². The van der Waals surface area contributed by atoms with Crippen molar-refractivity contribution in [3.63, 3.8) is 0 Å². The second-order valence-corrected chi connectivity index (χ2v) is 8.40. The topological polar surface area (TPSA) is 114 Å². The first-order chi connectivity index (χ1) is 16.6. The molecule has 0 bridgehead atoms. The average molecular weight is 483 g/mol. The van der Waals surface area contributed by atoms with Gasteiger partial charge in [0.1, 0.15) is 11.5 Å². The van der Waals surface area contributed by atoms with Gasteiger partial charge in [-0.2, -0.15) is 15.0 Å². The smallest absolute Gasteiger partial charge is 0.328 e. The predicted octanol–water partition coefficient (Wildman–Crippen LogP) is 6.01. The molecule has 4 rings (SSSR count).